The Hall–Kier alpha value is -2.40. The van der Waals surface area contributed by atoms with E-state index in [0.717, 1.165) is 12.0 Å². The quantitative estimate of drug-likeness (QED) is 0.810. The van der Waals surface area contributed by atoms with Gasteiger partial charge in [0.1, 0.15) is 5.69 Å². The minimum Gasteiger partial charge on any atom is -0.352 e. The third kappa shape index (κ3) is 5.35. The molecule has 126 valence electrons. The van der Waals surface area contributed by atoms with Crippen LogP contribution in [0.2, 0.25) is 5.02 Å². The van der Waals surface area contributed by atoms with Gasteiger partial charge in [-0.2, -0.15) is 0 Å². The first-order chi connectivity index (χ1) is 11.6. The van der Waals surface area contributed by atoms with Gasteiger partial charge in [-0.05, 0) is 42.7 Å². The van der Waals surface area contributed by atoms with Gasteiger partial charge in [0.2, 0.25) is 0 Å². The van der Waals surface area contributed by atoms with Crippen LogP contribution in [0.5, 0.6) is 0 Å². The van der Waals surface area contributed by atoms with Crippen LogP contribution in [0.1, 0.15) is 39.8 Å². The number of hydrogen-bond donors (Lipinski definition) is 2. The largest absolute Gasteiger partial charge is 0.352 e. The molecule has 0 aliphatic heterocycles. The van der Waals surface area contributed by atoms with E-state index in [-0.39, 0.29) is 17.5 Å². The van der Waals surface area contributed by atoms with Gasteiger partial charge in [-0.15, -0.1) is 0 Å². The number of carbonyl (C=O) groups is 2. The Morgan fingerprint density at radius 3 is 2.46 bits per heavy atom. The van der Waals surface area contributed by atoms with Gasteiger partial charge in [0.25, 0.3) is 11.8 Å². The molecule has 2 rings (SSSR count). The third-order valence-electron chi connectivity index (χ3n) is 3.40. The van der Waals surface area contributed by atoms with Crippen LogP contribution in [0.15, 0.2) is 42.6 Å². The molecule has 0 fully saturated rings. The van der Waals surface area contributed by atoms with Crippen LogP contribution in [0.25, 0.3) is 0 Å². The molecule has 0 spiro atoms. The highest BCUT2D eigenvalue weighted by Crippen LogP contribution is 2.09. The van der Waals surface area contributed by atoms with Crippen molar-refractivity contribution < 1.29 is 9.59 Å². The van der Waals surface area contributed by atoms with E-state index in [2.05, 4.69) is 15.6 Å². The summed E-state index contributed by atoms with van der Waals surface area (Å²) in [6.07, 6.45) is 3.02. The van der Waals surface area contributed by atoms with Crippen LogP contribution in [0.4, 0.5) is 0 Å². The summed E-state index contributed by atoms with van der Waals surface area (Å²) in [7, 11) is 0. The maximum Gasteiger partial charge on any atom is 0.269 e. The number of nitrogens with zero attached hydrogens (tertiary/aromatic N) is 1. The minimum absolute atomic E-state index is 0.226. The van der Waals surface area contributed by atoms with Crippen LogP contribution in [-0.2, 0) is 6.42 Å². The summed E-state index contributed by atoms with van der Waals surface area (Å²) in [5.41, 5.74) is 1.76. The van der Waals surface area contributed by atoms with Gasteiger partial charge < -0.3 is 10.6 Å². The molecule has 1 heterocycles. The number of hydrogen-bond acceptors (Lipinski definition) is 3. The topological polar surface area (TPSA) is 71.1 Å². The molecule has 0 aliphatic carbocycles. The second kappa shape index (κ2) is 9.03. The fourth-order valence-electron chi connectivity index (χ4n) is 2.10. The van der Waals surface area contributed by atoms with E-state index < -0.39 is 0 Å². The van der Waals surface area contributed by atoms with E-state index in [1.807, 2.05) is 31.2 Å². The van der Waals surface area contributed by atoms with Crippen molar-refractivity contribution in [1.29, 1.82) is 0 Å². The summed E-state index contributed by atoms with van der Waals surface area (Å²) in [4.78, 5) is 28.1. The Balaban J connectivity index is 1.90. The van der Waals surface area contributed by atoms with Crippen LogP contribution in [0.3, 0.4) is 0 Å². The number of halogens is 1. The smallest absolute Gasteiger partial charge is 0.269 e. The van der Waals surface area contributed by atoms with Crippen LogP contribution >= 0.6 is 11.6 Å². The van der Waals surface area contributed by atoms with Gasteiger partial charge in [-0.3, -0.25) is 14.6 Å². The lowest BCUT2D eigenvalue weighted by molar-refractivity contribution is 0.0948. The molecule has 24 heavy (non-hydrogen) atoms. The summed E-state index contributed by atoms with van der Waals surface area (Å²) in [6.45, 7) is 3.05. The summed E-state index contributed by atoms with van der Waals surface area (Å²) >= 11 is 5.84. The SMILES string of the molecule is CCCNC(=O)c1cc(C(=O)NCCc2ccc(Cl)cc2)ccn1. The number of benzene rings is 1. The Kier molecular flexibility index (Phi) is 6.75. The maximum absolute atomic E-state index is 12.2. The highest BCUT2D eigenvalue weighted by Gasteiger charge is 2.11. The molecule has 0 bridgehead atoms. The summed E-state index contributed by atoms with van der Waals surface area (Å²) in [5, 5.41) is 6.27. The van der Waals surface area contributed by atoms with Gasteiger partial charge in [-0.25, -0.2) is 0 Å². The van der Waals surface area contributed by atoms with Crippen molar-refractivity contribution in [2.75, 3.05) is 13.1 Å². The fraction of sp³-hybridized carbons (Fsp3) is 0.278. The number of amides is 2. The van der Waals surface area contributed by atoms with Crippen LogP contribution in [-0.4, -0.2) is 29.9 Å². The standard InChI is InChI=1S/C18H20ClN3O2/c1-2-9-21-18(24)16-12-14(8-11-20-16)17(23)22-10-7-13-3-5-15(19)6-4-13/h3-6,8,11-12H,2,7,9-10H2,1H3,(H,21,24)(H,22,23). The zero-order valence-electron chi connectivity index (χ0n) is 13.5. The maximum atomic E-state index is 12.2. The third-order valence-corrected chi connectivity index (χ3v) is 3.65. The van der Waals surface area contributed by atoms with E-state index in [1.54, 1.807) is 6.07 Å². The molecule has 2 aromatic rings. The zero-order chi connectivity index (χ0) is 17.4. The average molecular weight is 346 g/mol. The van der Waals surface area contributed by atoms with Gasteiger partial charge >= 0.3 is 0 Å². The van der Waals surface area contributed by atoms with Crippen molar-refractivity contribution >= 4 is 23.4 Å². The van der Waals surface area contributed by atoms with Crippen molar-refractivity contribution in [2.24, 2.45) is 0 Å². The van der Waals surface area contributed by atoms with E-state index in [9.17, 15) is 9.59 Å². The lowest BCUT2D eigenvalue weighted by atomic mass is 10.1. The first-order valence-corrected chi connectivity index (χ1v) is 8.25. The molecular formula is C18H20ClN3O2. The zero-order valence-corrected chi connectivity index (χ0v) is 14.3. The molecule has 1 aromatic heterocycles. The molecule has 0 unspecified atom stereocenters. The monoisotopic (exact) mass is 345 g/mol. The highest BCUT2D eigenvalue weighted by atomic mass is 35.5. The van der Waals surface area contributed by atoms with Gasteiger partial charge in [0.15, 0.2) is 0 Å². The molecular weight excluding hydrogens is 326 g/mol. The van der Waals surface area contributed by atoms with Crippen LogP contribution in [0, 0.1) is 0 Å². The molecule has 0 saturated carbocycles. The fourth-order valence-corrected chi connectivity index (χ4v) is 2.22. The molecule has 5 nitrogen and oxygen atoms in total. The molecule has 2 amide bonds. The van der Waals surface area contributed by atoms with Crippen molar-refractivity contribution in [3.05, 3.63) is 64.4 Å². The summed E-state index contributed by atoms with van der Waals surface area (Å²) in [5.74, 6) is -0.497. The van der Waals surface area contributed by atoms with E-state index in [4.69, 9.17) is 11.6 Å². The van der Waals surface area contributed by atoms with Crippen molar-refractivity contribution in [3.63, 3.8) is 0 Å². The summed E-state index contributed by atoms with van der Waals surface area (Å²) < 4.78 is 0. The Morgan fingerprint density at radius 2 is 1.75 bits per heavy atom. The number of nitrogens with one attached hydrogen (secondary N) is 2. The first-order valence-electron chi connectivity index (χ1n) is 7.87. The molecule has 0 radical (unpaired) electrons. The Bertz CT molecular complexity index is 702. The van der Waals surface area contributed by atoms with Crippen molar-refractivity contribution in [3.8, 4) is 0 Å². The van der Waals surface area contributed by atoms with E-state index in [0.29, 0.717) is 30.1 Å². The molecule has 0 atom stereocenters. The number of rotatable bonds is 7. The lowest BCUT2D eigenvalue weighted by Gasteiger charge is -2.07. The average Bonchev–Trinajstić information content (AvgIpc) is 2.61. The van der Waals surface area contributed by atoms with E-state index >= 15 is 0 Å². The normalized spacial score (nSPS) is 10.2. The second-order valence-electron chi connectivity index (χ2n) is 5.32. The number of carbonyl (C=O) groups excluding carboxylic acids is 2. The minimum atomic E-state index is -0.271. The van der Waals surface area contributed by atoms with Gasteiger partial charge in [0.05, 0.1) is 0 Å². The van der Waals surface area contributed by atoms with Crippen molar-refractivity contribution in [1.82, 2.24) is 15.6 Å². The lowest BCUT2D eigenvalue weighted by Crippen LogP contribution is -2.28. The first kappa shape index (κ1) is 17.9. The second-order valence-corrected chi connectivity index (χ2v) is 5.75. The Labute approximate surface area is 146 Å². The van der Waals surface area contributed by atoms with E-state index in [1.165, 1.54) is 12.3 Å². The Morgan fingerprint density at radius 1 is 1.04 bits per heavy atom. The van der Waals surface area contributed by atoms with Gasteiger partial charge in [0, 0.05) is 29.9 Å². The molecule has 0 saturated heterocycles. The molecule has 6 heteroatoms. The highest BCUT2D eigenvalue weighted by molar-refractivity contribution is 6.30. The predicted octanol–water partition coefficient (Wildman–Crippen LogP) is 2.85. The van der Waals surface area contributed by atoms with Crippen molar-refractivity contribution in [2.45, 2.75) is 19.8 Å². The van der Waals surface area contributed by atoms with Crippen LogP contribution < -0.4 is 10.6 Å². The number of aromatic nitrogens is 1. The number of pyridine rings is 1. The molecule has 0 aliphatic rings. The summed E-state index contributed by atoms with van der Waals surface area (Å²) in [6, 6.07) is 10.6. The molecule has 1 aromatic carbocycles. The van der Waals surface area contributed by atoms with Gasteiger partial charge in [-0.1, -0.05) is 30.7 Å². The predicted molar refractivity (Wildman–Crippen MR) is 94.4 cm³/mol. The molecule has 2 N–H and O–H groups in total.